The molecule has 0 aliphatic heterocycles. The second-order valence-corrected chi connectivity index (χ2v) is 3.23. The molecular weight excluding hydrogens is 188 g/mol. The molecular formula is C12H16N2O. The Balaban J connectivity index is 2.34. The maximum atomic E-state index is 11.3. The van der Waals surface area contributed by atoms with E-state index in [4.69, 9.17) is 0 Å². The summed E-state index contributed by atoms with van der Waals surface area (Å²) in [5.41, 5.74) is 0.795. The Kier molecular flexibility index (Phi) is 5.15. The fourth-order valence-electron chi connectivity index (χ4n) is 1.08. The van der Waals surface area contributed by atoms with Gasteiger partial charge in [-0.2, -0.15) is 0 Å². The van der Waals surface area contributed by atoms with Gasteiger partial charge in [0.15, 0.2) is 0 Å². The fourth-order valence-corrected chi connectivity index (χ4v) is 1.08. The molecule has 80 valence electrons. The van der Waals surface area contributed by atoms with Crippen molar-refractivity contribution in [2.45, 2.75) is 19.8 Å². The fraction of sp³-hybridized carbons (Fsp3) is 0.333. The summed E-state index contributed by atoms with van der Waals surface area (Å²) < 4.78 is 0. The number of hydrogen-bond acceptors (Lipinski definition) is 2. The van der Waals surface area contributed by atoms with Crippen molar-refractivity contribution in [1.29, 1.82) is 0 Å². The normalized spacial score (nSPS) is 10.5. The topological polar surface area (TPSA) is 42.0 Å². The van der Waals surface area contributed by atoms with E-state index >= 15 is 0 Å². The van der Waals surface area contributed by atoms with Gasteiger partial charge in [-0.05, 0) is 24.6 Å². The highest BCUT2D eigenvalue weighted by Crippen LogP contribution is 1.95. The van der Waals surface area contributed by atoms with Crippen LogP contribution in [-0.2, 0) is 4.79 Å². The van der Waals surface area contributed by atoms with E-state index in [0.717, 1.165) is 25.1 Å². The number of pyridine rings is 1. The highest BCUT2D eigenvalue weighted by molar-refractivity contribution is 5.91. The number of rotatable bonds is 5. The van der Waals surface area contributed by atoms with Crippen LogP contribution in [0.3, 0.4) is 0 Å². The van der Waals surface area contributed by atoms with Gasteiger partial charge >= 0.3 is 0 Å². The molecule has 1 N–H and O–H groups in total. The van der Waals surface area contributed by atoms with Gasteiger partial charge in [-0.1, -0.05) is 19.4 Å². The molecule has 1 amide bonds. The first kappa shape index (κ1) is 11.4. The molecule has 0 saturated carbocycles. The van der Waals surface area contributed by atoms with Crippen molar-refractivity contribution in [1.82, 2.24) is 10.3 Å². The highest BCUT2D eigenvalue weighted by Gasteiger charge is 1.93. The zero-order chi connectivity index (χ0) is 10.9. The molecule has 15 heavy (non-hydrogen) atoms. The first-order valence-electron chi connectivity index (χ1n) is 5.20. The molecule has 0 bridgehead atoms. The molecule has 1 aromatic heterocycles. The third-order valence-corrected chi connectivity index (χ3v) is 1.92. The van der Waals surface area contributed by atoms with Gasteiger partial charge in [0.05, 0.1) is 5.69 Å². The summed E-state index contributed by atoms with van der Waals surface area (Å²) in [5.74, 6) is -0.0610. The Morgan fingerprint density at radius 3 is 3.07 bits per heavy atom. The second kappa shape index (κ2) is 6.76. The quantitative estimate of drug-likeness (QED) is 0.589. The van der Waals surface area contributed by atoms with E-state index in [1.807, 2.05) is 18.2 Å². The van der Waals surface area contributed by atoms with E-state index in [1.54, 1.807) is 12.3 Å². The van der Waals surface area contributed by atoms with Crippen LogP contribution in [0.5, 0.6) is 0 Å². The zero-order valence-corrected chi connectivity index (χ0v) is 8.94. The molecule has 0 fully saturated rings. The predicted octanol–water partition coefficient (Wildman–Crippen LogP) is 2.01. The summed E-state index contributed by atoms with van der Waals surface area (Å²) in [6.45, 7) is 2.83. The SMILES string of the molecule is CCCCNC(=O)C=Cc1ccccn1. The molecule has 0 saturated heterocycles. The van der Waals surface area contributed by atoms with Gasteiger partial charge in [0.1, 0.15) is 0 Å². The molecule has 0 spiro atoms. The third-order valence-electron chi connectivity index (χ3n) is 1.92. The second-order valence-electron chi connectivity index (χ2n) is 3.23. The molecule has 0 atom stereocenters. The van der Waals surface area contributed by atoms with Crippen LogP contribution < -0.4 is 5.32 Å². The molecule has 0 aliphatic carbocycles. The van der Waals surface area contributed by atoms with Crippen molar-refractivity contribution in [3.8, 4) is 0 Å². The van der Waals surface area contributed by atoms with Crippen LogP contribution >= 0.6 is 0 Å². The molecule has 3 nitrogen and oxygen atoms in total. The number of hydrogen-bond donors (Lipinski definition) is 1. The van der Waals surface area contributed by atoms with E-state index in [-0.39, 0.29) is 5.91 Å². The molecule has 1 rings (SSSR count). The van der Waals surface area contributed by atoms with Crippen LogP contribution in [0.4, 0.5) is 0 Å². The maximum Gasteiger partial charge on any atom is 0.244 e. The lowest BCUT2D eigenvalue weighted by molar-refractivity contribution is -0.116. The first-order chi connectivity index (χ1) is 7.33. The molecule has 1 heterocycles. The molecule has 1 aromatic rings. The van der Waals surface area contributed by atoms with E-state index in [1.165, 1.54) is 6.08 Å². The number of carbonyl (C=O) groups excluding carboxylic acids is 1. The summed E-state index contributed by atoms with van der Waals surface area (Å²) >= 11 is 0. The van der Waals surface area contributed by atoms with Gasteiger partial charge in [-0.25, -0.2) is 0 Å². The van der Waals surface area contributed by atoms with E-state index < -0.39 is 0 Å². The van der Waals surface area contributed by atoms with E-state index in [9.17, 15) is 4.79 Å². The lowest BCUT2D eigenvalue weighted by Crippen LogP contribution is -2.21. The minimum Gasteiger partial charge on any atom is -0.353 e. The summed E-state index contributed by atoms with van der Waals surface area (Å²) in [6.07, 6.45) is 7.03. The summed E-state index contributed by atoms with van der Waals surface area (Å²) in [7, 11) is 0. The van der Waals surface area contributed by atoms with Gasteiger partial charge in [0.2, 0.25) is 5.91 Å². The van der Waals surface area contributed by atoms with Crippen molar-refractivity contribution in [3.05, 3.63) is 36.2 Å². The number of aromatic nitrogens is 1. The van der Waals surface area contributed by atoms with E-state index in [2.05, 4.69) is 17.2 Å². The lowest BCUT2D eigenvalue weighted by atomic mass is 10.3. The smallest absolute Gasteiger partial charge is 0.244 e. The molecule has 0 unspecified atom stereocenters. The molecule has 3 heteroatoms. The zero-order valence-electron chi connectivity index (χ0n) is 8.94. The Hall–Kier alpha value is -1.64. The average Bonchev–Trinajstić information content (AvgIpc) is 2.28. The number of nitrogens with one attached hydrogen (secondary N) is 1. The Labute approximate surface area is 90.2 Å². The number of nitrogens with zero attached hydrogens (tertiary/aromatic N) is 1. The molecule has 0 aromatic carbocycles. The van der Waals surface area contributed by atoms with Crippen molar-refractivity contribution >= 4 is 12.0 Å². The van der Waals surface area contributed by atoms with Crippen molar-refractivity contribution in [2.75, 3.05) is 6.54 Å². The average molecular weight is 204 g/mol. The molecule has 0 radical (unpaired) electrons. The number of unbranched alkanes of at least 4 members (excludes halogenated alkanes) is 1. The van der Waals surface area contributed by atoms with Crippen molar-refractivity contribution in [2.24, 2.45) is 0 Å². The van der Waals surface area contributed by atoms with Crippen LogP contribution in [0.1, 0.15) is 25.5 Å². The Morgan fingerprint density at radius 2 is 2.40 bits per heavy atom. The third kappa shape index (κ3) is 4.96. The van der Waals surface area contributed by atoms with Crippen LogP contribution in [0.15, 0.2) is 30.5 Å². The standard InChI is InChI=1S/C12H16N2O/c1-2-3-9-14-12(15)8-7-11-6-4-5-10-13-11/h4-8,10H,2-3,9H2,1H3,(H,14,15). The number of carbonyl (C=O) groups is 1. The minimum atomic E-state index is -0.0610. The number of amides is 1. The van der Waals surface area contributed by atoms with Gasteiger partial charge in [0.25, 0.3) is 0 Å². The monoisotopic (exact) mass is 204 g/mol. The van der Waals surface area contributed by atoms with Crippen LogP contribution in [0.25, 0.3) is 6.08 Å². The predicted molar refractivity (Wildman–Crippen MR) is 61.2 cm³/mol. The minimum absolute atomic E-state index is 0.0610. The first-order valence-corrected chi connectivity index (χ1v) is 5.20. The van der Waals surface area contributed by atoms with Crippen molar-refractivity contribution in [3.63, 3.8) is 0 Å². The van der Waals surface area contributed by atoms with Gasteiger partial charge < -0.3 is 5.32 Å². The molecule has 0 aliphatic rings. The van der Waals surface area contributed by atoms with E-state index in [0.29, 0.717) is 0 Å². The lowest BCUT2D eigenvalue weighted by Gasteiger charge is -1.98. The summed E-state index contributed by atoms with van der Waals surface area (Å²) in [6, 6.07) is 5.59. The Morgan fingerprint density at radius 1 is 1.53 bits per heavy atom. The van der Waals surface area contributed by atoms with Crippen LogP contribution in [0, 0.1) is 0 Å². The van der Waals surface area contributed by atoms with Crippen LogP contribution in [0.2, 0.25) is 0 Å². The van der Waals surface area contributed by atoms with Crippen molar-refractivity contribution < 1.29 is 4.79 Å². The largest absolute Gasteiger partial charge is 0.353 e. The van der Waals surface area contributed by atoms with Gasteiger partial charge in [-0.3, -0.25) is 9.78 Å². The highest BCUT2D eigenvalue weighted by atomic mass is 16.1. The maximum absolute atomic E-state index is 11.3. The van der Waals surface area contributed by atoms with Crippen LogP contribution in [-0.4, -0.2) is 17.4 Å². The van der Waals surface area contributed by atoms with Gasteiger partial charge in [-0.15, -0.1) is 0 Å². The van der Waals surface area contributed by atoms with Gasteiger partial charge in [0, 0.05) is 18.8 Å². The summed E-state index contributed by atoms with van der Waals surface area (Å²) in [5, 5.41) is 2.80. The summed E-state index contributed by atoms with van der Waals surface area (Å²) in [4.78, 5) is 15.3. The Bertz CT molecular complexity index is 320.